The first-order valence-electron chi connectivity index (χ1n) is 6.16. The summed E-state index contributed by atoms with van der Waals surface area (Å²) in [7, 11) is 0. The summed E-state index contributed by atoms with van der Waals surface area (Å²) < 4.78 is 0. The van der Waals surface area contributed by atoms with Crippen molar-refractivity contribution in [2.75, 3.05) is 13.1 Å². The molecular weight excluding hydrogens is 214 g/mol. The molecule has 1 unspecified atom stereocenters. The minimum atomic E-state index is 0.118. The molecule has 1 amide bonds. The first kappa shape index (κ1) is 12.0. The third kappa shape index (κ3) is 3.27. The lowest BCUT2D eigenvalue weighted by molar-refractivity contribution is -0.125. The second-order valence-electron chi connectivity index (χ2n) is 4.53. The number of rotatable bonds is 3. The number of pyridine rings is 1. The predicted molar refractivity (Wildman–Crippen MR) is 66.4 cm³/mol. The molecule has 0 aromatic carbocycles. The largest absolute Gasteiger partial charge is 0.350 e. The Bertz CT molecular complexity index is 386. The Balaban J connectivity index is 1.85. The number of aryl methyl sites for hydroxylation is 1. The van der Waals surface area contributed by atoms with Crippen molar-refractivity contribution in [2.24, 2.45) is 5.92 Å². The number of aromatic nitrogens is 1. The lowest BCUT2D eigenvalue weighted by atomic mass is 9.99. The molecule has 2 heterocycles. The van der Waals surface area contributed by atoms with Gasteiger partial charge in [-0.1, -0.05) is 6.07 Å². The van der Waals surface area contributed by atoms with Gasteiger partial charge in [-0.25, -0.2) is 0 Å². The fourth-order valence-electron chi connectivity index (χ4n) is 2.09. The van der Waals surface area contributed by atoms with E-state index in [4.69, 9.17) is 0 Å². The van der Waals surface area contributed by atoms with E-state index in [1.165, 1.54) is 0 Å². The van der Waals surface area contributed by atoms with Gasteiger partial charge in [0.05, 0.1) is 18.2 Å². The number of piperidine rings is 1. The zero-order chi connectivity index (χ0) is 12.1. The highest BCUT2D eigenvalue weighted by Crippen LogP contribution is 2.10. The van der Waals surface area contributed by atoms with Crippen LogP contribution in [0.2, 0.25) is 0 Å². The van der Waals surface area contributed by atoms with Gasteiger partial charge >= 0.3 is 0 Å². The molecule has 92 valence electrons. The van der Waals surface area contributed by atoms with Crippen molar-refractivity contribution in [2.45, 2.75) is 26.3 Å². The summed E-state index contributed by atoms with van der Waals surface area (Å²) in [6.07, 6.45) is 3.83. The summed E-state index contributed by atoms with van der Waals surface area (Å²) in [5, 5.41) is 6.22. The second-order valence-corrected chi connectivity index (χ2v) is 4.53. The number of carbonyl (C=O) groups excluding carboxylic acids is 1. The molecule has 4 nitrogen and oxygen atoms in total. The van der Waals surface area contributed by atoms with Gasteiger partial charge in [0.2, 0.25) is 5.91 Å². The molecule has 0 bridgehead atoms. The maximum Gasteiger partial charge on any atom is 0.224 e. The Hall–Kier alpha value is -1.42. The van der Waals surface area contributed by atoms with E-state index in [9.17, 15) is 4.79 Å². The van der Waals surface area contributed by atoms with Gasteiger partial charge in [-0.3, -0.25) is 9.78 Å². The molecule has 4 heteroatoms. The Labute approximate surface area is 102 Å². The summed E-state index contributed by atoms with van der Waals surface area (Å²) in [5.41, 5.74) is 2.07. The van der Waals surface area contributed by atoms with Gasteiger partial charge in [0.1, 0.15) is 0 Å². The van der Waals surface area contributed by atoms with Crippen molar-refractivity contribution in [3.63, 3.8) is 0 Å². The van der Waals surface area contributed by atoms with Crippen LogP contribution in [0.5, 0.6) is 0 Å². The average Bonchev–Trinajstić information content (AvgIpc) is 2.38. The van der Waals surface area contributed by atoms with E-state index in [2.05, 4.69) is 15.6 Å². The number of amides is 1. The molecule has 1 aromatic rings. The zero-order valence-electron chi connectivity index (χ0n) is 10.2. The SMILES string of the molecule is Cc1cccnc1CNC(=O)C1CCCNC1. The first-order valence-corrected chi connectivity index (χ1v) is 6.16. The third-order valence-corrected chi connectivity index (χ3v) is 3.22. The lowest BCUT2D eigenvalue weighted by Gasteiger charge is -2.21. The van der Waals surface area contributed by atoms with Gasteiger partial charge in [0.15, 0.2) is 0 Å². The average molecular weight is 233 g/mol. The van der Waals surface area contributed by atoms with Crippen molar-refractivity contribution >= 4 is 5.91 Å². The summed E-state index contributed by atoms with van der Waals surface area (Å²) in [6.45, 7) is 4.37. The van der Waals surface area contributed by atoms with E-state index >= 15 is 0 Å². The van der Waals surface area contributed by atoms with Crippen LogP contribution in [-0.2, 0) is 11.3 Å². The molecule has 2 N–H and O–H groups in total. The fraction of sp³-hybridized carbons (Fsp3) is 0.538. The number of hydrogen-bond acceptors (Lipinski definition) is 3. The molecule has 0 aliphatic carbocycles. The first-order chi connectivity index (χ1) is 8.27. The van der Waals surface area contributed by atoms with E-state index in [0.29, 0.717) is 6.54 Å². The van der Waals surface area contributed by atoms with Crippen LogP contribution < -0.4 is 10.6 Å². The van der Waals surface area contributed by atoms with E-state index < -0.39 is 0 Å². The standard InChI is InChI=1S/C13H19N3O/c1-10-4-2-7-15-12(10)9-16-13(17)11-5-3-6-14-8-11/h2,4,7,11,14H,3,5-6,8-9H2,1H3,(H,16,17). The van der Waals surface area contributed by atoms with Crippen LogP contribution in [0.15, 0.2) is 18.3 Å². The Kier molecular flexibility index (Phi) is 4.09. The van der Waals surface area contributed by atoms with Crippen molar-refractivity contribution in [1.82, 2.24) is 15.6 Å². The molecule has 17 heavy (non-hydrogen) atoms. The number of nitrogens with zero attached hydrogens (tertiary/aromatic N) is 1. The smallest absolute Gasteiger partial charge is 0.224 e. The topological polar surface area (TPSA) is 54.0 Å². The highest BCUT2D eigenvalue weighted by molar-refractivity contribution is 5.78. The highest BCUT2D eigenvalue weighted by atomic mass is 16.1. The monoisotopic (exact) mass is 233 g/mol. The van der Waals surface area contributed by atoms with Crippen LogP contribution in [-0.4, -0.2) is 24.0 Å². The van der Waals surface area contributed by atoms with E-state index in [-0.39, 0.29) is 11.8 Å². The molecule has 0 saturated carbocycles. The van der Waals surface area contributed by atoms with Crippen LogP contribution in [0, 0.1) is 12.8 Å². The molecular formula is C13H19N3O. The molecule has 1 fully saturated rings. The number of carbonyl (C=O) groups is 1. The molecule has 2 rings (SSSR count). The quantitative estimate of drug-likeness (QED) is 0.819. The van der Waals surface area contributed by atoms with Crippen molar-refractivity contribution in [1.29, 1.82) is 0 Å². The molecule has 1 saturated heterocycles. The van der Waals surface area contributed by atoms with E-state index in [1.54, 1.807) is 6.20 Å². The van der Waals surface area contributed by atoms with Gasteiger partial charge in [0, 0.05) is 12.7 Å². The maximum atomic E-state index is 11.9. The molecule has 1 aliphatic rings. The Morgan fingerprint density at radius 1 is 1.65 bits per heavy atom. The molecule has 1 aliphatic heterocycles. The summed E-state index contributed by atoms with van der Waals surface area (Å²) in [4.78, 5) is 16.2. The van der Waals surface area contributed by atoms with Crippen LogP contribution >= 0.6 is 0 Å². The summed E-state index contributed by atoms with van der Waals surface area (Å²) in [6, 6.07) is 3.92. The van der Waals surface area contributed by atoms with Crippen molar-refractivity contribution < 1.29 is 4.79 Å². The minimum absolute atomic E-state index is 0.118. The molecule has 1 aromatic heterocycles. The van der Waals surface area contributed by atoms with Crippen LogP contribution in [0.3, 0.4) is 0 Å². The van der Waals surface area contributed by atoms with Gasteiger partial charge in [-0.05, 0) is 37.9 Å². The van der Waals surface area contributed by atoms with Crippen LogP contribution in [0.25, 0.3) is 0 Å². The molecule has 0 radical (unpaired) electrons. The van der Waals surface area contributed by atoms with Crippen molar-refractivity contribution in [3.8, 4) is 0 Å². The highest BCUT2D eigenvalue weighted by Gasteiger charge is 2.20. The van der Waals surface area contributed by atoms with Gasteiger partial charge < -0.3 is 10.6 Å². The van der Waals surface area contributed by atoms with E-state index in [0.717, 1.165) is 37.2 Å². The molecule has 1 atom stereocenters. The normalized spacial score (nSPS) is 19.9. The third-order valence-electron chi connectivity index (χ3n) is 3.22. The summed E-state index contributed by atoms with van der Waals surface area (Å²) >= 11 is 0. The number of nitrogens with one attached hydrogen (secondary N) is 2. The second kappa shape index (κ2) is 5.77. The number of hydrogen-bond donors (Lipinski definition) is 2. The minimum Gasteiger partial charge on any atom is -0.350 e. The van der Waals surface area contributed by atoms with Crippen molar-refractivity contribution in [3.05, 3.63) is 29.6 Å². The predicted octanol–water partition coefficient (Wildman–Crippen LogP) is 1.01. The Morgan fingerprint density at radius 3 is 3.24 bits per heavy atom. The van der Waals surface area contributed by atoms with Gasteiger partial charge in [-0.15, -0.1) is 0 Å². The van der Waals surface area contributed by atoms with Gasteiger partial charge in [0.25, 0.3) is 0 Å². The lowest BCUT2D eigenvalue weighted by Crippen LogP contribution is -2.40. The zero-order valence-corrected chi connectivity index (χ0v) is 10.2. The fourth-order valence-corrected chi connectivity index (χ4v) is 2.09. The van der Waals surface area contributed by atoms with Crippen LogP contribution in [0.4, 0.5) is 0 Å². The van der Waals surface area contributed by atoms with Crippen LogP contribution in [0.1, 0.15) is 24.1 Å². The Morgan fingerprint density at radius 2 is 2.53 bits per heavy atom. The van der Waals surface area contributed by atoms with Gasteiger partial charge in [-0.2, -0.15) is 0 Å². The summed E-state index contributed by atoms with van der Waals surface area (Å²) in [5.74, 6) is 0.259. The maximum absolute atomic E-state index is 11.9. The van der Waals surface area contributed by atoms with E-state index in [1.807, 2.05) is 19.1 Å². The molecule has 0 spiro atoms.